The zero-order chi connectivity index (χ0) is 14.7. The second-order valence-electron chi connectivity index (χ2n) is 5.03. The van der Waals surface area contributed by atoms with Gasteiger partial charge in [0.2, 0.25) is 0 Å². The maximum Gasteiger partial charge on any atom is 0.387 e. The van der Waals surface area contributed by atoms with Gasteiger partial charge in [0, 0.05) is 25.2 Å². The molecule has 1 heterocycles. The molecule has 1 aliphatic heterocycles. The van der Waals surface area contributed by atoms with Gasteiger partial charge in [-0.05, 0) is 31.0 Å². The Labute approximate surface area is 117 Å². The summed E-state index contributed by atoms with van der Waals surface area (Å²) in [6, 6.07) is 5.56. The Morgan fingerprint density at radius 1 is 1.40 bits per heavy atom. The van der Waals surface area contributed by atoms with Gasteiger partial charge in [0.25, 0.3) is 0 Å². The minimum atomic E-state index is -2.86. The van der Waals surface area contributed by atoms with Gasteiger partial charge in [-0.15, -0.1) is 0 Å². The van der Waals surface area contributed by atoms with E-state index >= 15 is 0 Å². The van der Waals surface area contributed by atoms with Crippen molar-refractivity contribution in [1.29, 1.82) is 0 Å². The van der Waals surface area contributed by atoms with Crippen LogP contribution in [0.25, 0.3) is 0 Å². The Hall–Kier alpha value is -1.40. The van der Waals surface area contributed by atoms with Gasteiger partial charge >= 0.3 is 6.61 Å². The van der Waals surface area contributed by atoms with Crippen LogP contribution in [0.3, 0.4) is 0 Å². The molecule has 0 spiro atoms. The lowest BCUT2D eigenvalue weighted by Gasteiger charge is -2.23. The highest BCUT2D eigenvalue weighted by Gasteiger charge is 2.27. The molecule has 112 valence electrons. The molecule has 0 saturated carbocycles. The van der Waals surface area contributed by atoms with Crippen molar-refractivity contribution in [3.63, 3.8) is 0 Å². The summed E-state index contributed by atoms with van der Waals surface area (Å²) < 4.78 is 34.3. The summed E-state index contributed by atoms with van der Waals surface area (Å²) in [6.45, 7) is 0.800. The Bertz CT molecular complexity index is 457. The van der Waals surface area contributed by atoms with Crippen molar-refractivity contribution < 1.29 is 18.3 Å². The summed E-state index contributed by atoms with van der Waals surface area (Å²) in [5.41, 5.74) is 6.88. The fraction of sp³-hybridized carbons (Fsp3) is 0.571. The smallest absolute Gasteiger partial charge is 0.387 e. The molecule has 4 nitrogen and oxygen atoms in total. The van der Waals surface area contributed by atoms with E-state index in [0.717, 1.165) is 18.5 Å². The van der Waals surface area contributed by atoms with Gasteiger partial charge in [-0.1, -0.05) is 6.07 Å². The van der Waals surface area contributed by atoms with Crippen molar-refractivity contribution in [2.45, 2.75) is 38.6 Å². The standard InChI is InChI=1S/C14H20F2N2O2/c1-9-11(17)5-6-18(9)8-10-3-4-12(19-2)13(7-10)20-14(15)16/h3-4,7,9,11,14H,5-6,8,17H2,1-2H3. The number of ether oxygens (including phenoxy) is 2. The van der Waals surface area contributed by atoms with Crippen LogP contribution in [0.1, 0.15) is 18.9 Å². The highest BCUT2D eigenvalue weighted by atomic mass is 19.3. The third-order valence-electron chi connectivity index (χ3n) is 3.77. The SMILES string of the molecule is COc1ccc(CN2CCC(N)C2C)cc1OC(F)F. The van der Waals surface area contributed by atoms with Gasteiger partial charge in [-0.2, -0.15) is 8.78 Å². The van der Waals surface area contributed by atoms with Crippen LogP contribution in [-0.2, 0) is 6.54 Å². The van der Waals surface area contributed by atoms with Crippen LogP contribution in [0.15, 0.2) is 18.2 Å². The molecule has 2 rings (SSSR count). The molecule has 0 radical (unpaired) electrons. The van der Waals surface area contributed by atoms with Crippen molar-refractivity contribution in [1.82, 2.24) is 4.90 Å². The van der Waals surface area contributed by atoms with Crippen LogP contribution >= 0.6 is 0 Å². The number of alkyl halides is 2. The largest absolute Gasteiger partial charge is 0.493 e. The van der Waals surface area contributed by atoms with Gasteiger partial charge < -0.3 is 15.2 Å². The second-order valence-corrected chi connectivity index (χ2v) is 5.03. The van der Waals surface area contributed by atoms with E-state index in [0.29, 0.717) is 12.3 Å². The Morgan fingerprint density at radius 3 is 2.70 bits per heavy atom. The van der Waals surface area contributed by atoms with Crippen LogP contribution in [0.5, 0.6) is 11.5 Å². The summed E-state index contributed by atoms with van der Waals surface area (Å²) >= 11 is 0. The second kappa shape index (κ2) is 6.37. The first-order chi connectivity index (χ1) is 9.51. The van der Waals surface area contributed by atoms with Crippen molar-refractivity contribution >= 4 is 0 Å². The average molecular weight is 286 g/mol. The lowest BCUT2D eigenvalue weighted by atomic mass is 10.1. The maximum absolute atomic E-state index is 12.4. The number of methoxy groups -OCH3 is 1. The molecule has 2 atom stereocenters. The lowest BCUT2D eigenvalue weighted by Crippen LogP contribution is -2.36. The molecular formula is C14H20F2N2O2. The molecule has 1 aromatic carbocycles. The van der Waals surface area contributed by atoms with Crippen molar-refractivity contribution in [3.8, 4) is 11.5 Å². The van der Waals surface area contributed by atoms with Crippen LogP contribution < -0.4 is 15.2 Å². The first-order valence-electron chi connectivity index (χ1n) is 6.62. The summed E-state index contributed by atoms with van der Waals surface area (Å²) in [5.74, 6) is 0.372. The number of hydrogen-bond acceptors (Lipinski definition) is 4. The highest BCUT2D eigenvalue weighted by Crippen LogP contribution is 2.30. The number of likely N-dealkylation sites (tertiary alicyclic amines) is 1. The molecule has 1 aliphatic rings. The van der Waals surface area contributed by atoms with Crippen LogP contribution in [0.4, 0.5) is 8.78 Å². The van der Waals surface area contributed by atoms with Crippen LogP contribution in [0, 0.1) is 0 Å². The Morgan fingerprint density at radius 2 is 2.15 bits per heavy atom. The van der Waals surface area contributed by atoms with E-state index in [1.54, 1.807) is 12.1 Å². The van der Waals surface area contributed by atoms with Crippen molar-refractivity contribution in [2.24, 2.45) is 5.73 Å². The molecular weight excluding hydrogens is 266 g/mol. The number of hydrogen-bond donors (Lipinski definition) is 1. The Balaban J connectivity index is 2.12. The molecule has 1 aromatic rings. The monoisotopic (exact) mass is 286 g/mol. The van der Waals surface area contributed by atoms with E-state index in [4.69, 9.17) is 10.5 Å². The number of nitrogens with zero attached hydrogens (tertiary/aromatic N) is 1. The van der Waals surface area contributed by atoms with Gasteiger partial charge in [-0.25, -0.2) is 0 Å². The molecule has 1 saturated heterocycles. The molecule has 1 fully saturated rings. The van der Waals surface area contributed by atoms with Gasteiger partial charge in [0.15, 0.2) is 11.5 Å². The molecule has 0 aliphatic carbocycles. The van der Waals surface area contributed by atoms with E-state index in [2.05, 4.69) is 16.6 Å². The summed E-state index contributed by atoms with van der Waals surface area (Å²) in [4.78, 5) is 2.23. The summed E-state index contributed by atoms with van der Waals surface area (Å²) in [7, 11) is 1.43. The number of benzene rings is 1. The third kappa shape index (κ3) is 3.37. The van der Waals surface area contributed by atoms with E-state index in [-0.39, 0.29) is 17.8 Å². The first-order valence-corrected chi connectivity index (χ1v) is 6.62. The van der Waals surface area contributed by atoms with Gasteiger partial charge in [0.1, 0.15) is 0 Å². The van der Waals surface area contributed by atoms with Crippen molar-refractivity contribution in [3.05, 3.63) is 23.8 Å². The average Bonchev–Trinajstić information content (AvgIpc) is 2.70. The molecule has 0 amide bonds. The third-order valence-corrected chi connectivity index (χ3v) is 3.77. The fourth-order valence-electron chi connectivity index (χ4n) is 2.50. The van der Waals surface area contributed by atoms with E-state index in [1.165, 1.54) is 7.11 Å². The van der Waals surface area contributed by atoms with E-state index in [1.807, 2.05) is 6.07 Å². The quantitative estimate of drug-likeness (QED) is 0.901. The summed E-state index contributed by atoms with van der Waals surface area (Å²) in [5, 5.41) is 0. The molecule has 0 bridgehead atoms. The first kappa shape index (κ1) is 15.0. The number of nitrogens with two attached hydrogens (primary N) is 1. The molecule has 0 aromatic heterocycles. The normalized spacial score (nSPS) is 23.3. The molecule has 20 heavy (non-hydrogen) atoms. The lowest BCUT2D eigenvalue weighted by molar-refractivity contribution is -0.0512. The van der Waals surface area contributed by atoms with Gasteiger partial charge in [0.05, 0.1) is 7.11 Å². The maximum atomic E-state index is 12.4. The Kier molecular flexibility index (Phi) is 4.77. The van der Waals surface area contributed by atoms with Gasteiger partial charge in [-0.3, -0.25) is 4.90 Å². The van der Waals surface area contributed by atoms with Crippen LogP contribution in [-0.4, -0.2) is 37.2 Å². The van der Waals surface area contributed by atoms with E-state index in [9.17, 15) is 8.78 Å². The highest BCUT2D eigenvalue weighted by molar-refractivity contribution is 5.43. The molecule has 2 N–H and O–H groups in total. The minimum absolute atomic E-state index is 0.0659. The predicted molar refractivity (Wildman–Crippen MR) is 72.1 cm³/mol. The predicted octanol–water partition coefficient (Wildman–Crippen LogP) is 2.22. The molecule has 6 heteroatoms. The van der Waals surface area contributed by atoms with Crippen molar-refractivity contribution in [2.75, 3.05) is 13.7 Å². The zero-order valence-corrected chi connectivity index (χ0v) is 11.7. The molecule has 2 unspecified atom stereocenters. The number of halogens is 2. The zero-order valence-electron chi connectivity index (χ0n) is 11.7. The summed E-state index contributed by atoms with van der Waals surface area (Å²) in [6.07, 6.45) is 0.956. The van der Waals surface area contributed by atoms with Crippen LogP contribution in [0.2, 0.25) is 0 Å². The fourth-order valence-corrected chi connectivity index (χ4v) is 2.50. The number of rotatable bonds is 5. The topological polar surface area (TPSA) is 47.7 Å². The van der Waals surface area contributed by atoms with E-state index < -0.39 is 6.61 Å². The minimum Gasteiger partial charge on any atom is -0.493 e.